The molecular weight excluding hydrogens is 508 g/mol. The van der Waals surface area contributed by atoms with Crippen molar-refractivity contribution in [3.05, 3.63) is 11.1 Å². The van der Waals surface area contributed by atoms with E-state index in [-0.39, 0.29) is 47.6 Å². The van der Waals surface area contributed by atoms with Crippen LogP contribution in [0.25, 0.3) is 0 Å². The van der Waals surface area contributed by atoms with E-state index in [1.807, 2.05) is 0 Å². The summed E-state index contributed by atoms with van der Waals surface area (Å²) in [5.41, 5.74) is 5.30. The number of carboxylic acids is 1. The van der Waals surface area contributed by atoms with Gasteiger partial charge in [-0.2, -0.15) is 0 Å². The Labute approximate surface area is 238 Å². The molecule has 5 aliphatic carbocycles. The molecule has 0 aromatic heterocycles. The Hall–Kier alpha value is -1.52. The Morgan fingerprint density at radius 1 is 1.20 bits per heavy atom. The van der Waals surface area contributed by atoms with Crippen LogP contribution in [0.5, 0.6) is 0 Å². The van der Waals surface area contributed by atoms with Crippen LogP contribution in [0.1, 0.15) is 77.6 Å². The van der Waals surface area contributed by atoms with Crippen LogP contribution in [0.4, 0.5) is 0 Å². The minimum atomic E-state index is -1.55. The molecule has 2 spiro atoms. The van der Waals surface area contributed by atoms with Crippen LogP contribution in [-0.4, -0.2) is 80.3 Å². The van der Waals surface area contributed by atoms with E-state index in [0.29, 0.717) is 24.8 Å². The highest BCUT2D eigenvalue weighted by molar-refractivity contribution is 5.90. The van der Waals surface area contributed by atoms with Crippen molar-refractivity contribution in [2.45, 2.75) is 89.3 Å². The smallest absolute Gasteiger partial charge is 0.293 e. The van der Waals surface area contributed by atoms with Crippen LogP contribution in [0.2, 0.25) is 0 Å². The number of ether oxygens (including phenoxy) is 1. The van der Waals surface area contributed by atoms with E-state index < -0.39 is 17.0 Å². The van der Waals surface area contributed by atoms with Gasteiger partial charge in [0.2, 0.25) is 0 Å². The normalized spacial score (nSPS) is 45.0. The van der Waals surface area contributed by atoms with Crippen molar-refractivity contribution in [1.29, 1.82) is 0 Å². The molecule has 4 saturated carbocycles. The number of quaternary nitrogens is 1. The molecule has 1 unspecified atom stereocenters. The number of carbonyl (C=O) groups excluding carboxylic acids is 1. The van der Waals surface area contributed by atoms with E-state index in [2.05, 4.69) is 17.2 Å². The highest BCUT2D eigenvalue weighted by Crippen LogP contribution is 2.83. The van der Waals surface area contributed by atoms with E-state index in [0.717, 1.165) is 83.0 Å². The third kappa shape index (κ3) is 3.63. The average Bonchev–Trinajstić information content (AvgIpc) is 3.30. The van der Waals surface area contributed by atoms with Crippen molar-refractivity contribution in [2.24, 2.45) is 44.7 Å². The molecule has 8 atom stereocenters. The predicted octanol–water partition coefficient (Wildman–Crippen LogP) is -0.239. The number of carboxylic acid groups (broad SMARTS) is 1. The van der Waals surface area contributed by atoms with Gasteiger partial charge in [-0.25, -0.2) is 4.99 Å². The average molecular weight is 559 g/mol. The van der Waals surface area contributed by atoms with Gasteiger partial charge in [0.15, 0.2) is 0 Å². The summed E-state index contributed by atoms with van der Waals surface area (Å²) in [5, 5.41) is 39.0. The second-order valence-electron chi connectivity index (χ2n) is 14.0. The number of carbonyl (C=O) groups is 1. The first kappa shape index (κ1) is 28.6. The highest BCUT2D eigenvalue weighted by atomic mass is 16.5. The number of aliphatic carboxylic acids is 1. The van der Waals surface area contributed by atoms with Gasteiger partial charge >= 0.3 is 0 Å². The lowest BCUT2D eigenvalue weighted by molar-refractivity contribution is -0.832. The third-order valence-corrected chi connectivity index (χ3v) is 12.9. The van der Waals surface area contributed by atoms with Crippen LogP contribution in [-0.2, 0) is 9.53 Å². The van der Waals surface area contributed by atoms with Crippen LogP contribution in [0, 0.1) is 34.0 Å². The lowest BCUT2D eigenvalue weighted by atomic mass is 9.34. The van der Waals surface area contributed by atoms with Crippen molar-refractivity contribution in [1.82, 2.24) is 5.32 Å². The number of rotatable bonds is 8. The number of aliphatic imine (C=N–C) groups is 1. The number of guanidine groups is 1. The number of hydrogen-bond donors (Lipinski definition) is 5. The first-order valence-corrected chi connectivity index (χ1v) is 15.9. The second kappa shape index (κ2) is 10.3. The van der Waals surface area contributed by atoms with E-state index in [9.17, 15) is 20.1 Å². The zero-order valence-corrected chi connectivity index (χ0v) is 24.5. The van der Waals surface area contributed by atoms with E-state index in [4.69, 9.17) is 10.5 Å². The number of nitrogens with two attached hydrogens (primary N) is 1. The molecule has 9 nitrogen and oxygen atoms in total. The van der Waals surface area contributed by atoms with Gasteiger partial charge in [-0.3, -0.25) is 4.90 Å². The minimum absolute atomic E-state index is 0.0370. The first-order valence-electron chi connectivity index (χ1n) is 15.9. The standard InChI is InChI=1S/C31H50N4O5/c1-20-8-9-21-16-23-25(26(37)38)29(39,19-40-22-6-4-3-5-7-22)24-10-11-28(17-34-13-15-36)12-14-35(27(32)33-2)18-30(21,28)31(20,23)24/h20-22,24,34,36,39H,3-19H2,1-2H3,(H2,32,33)(H,37,38)/t20-,21-,24-,28+,29-,30-,31+/m1/s1. The number of likely N-dealkylation sites (tertiary alicyclic amines) is 1. The van der Waals surface area contributed by atoms with Crippen molar-refractivity contribution in [3.8, 4) is 0 Å². The summed E-state index contributed by atoms with van der Waals surface area (Å²) in [6, 6.07) is 0. The molecule has 0 aromatic carbocycles. The quantitative estimate of drug-likeness (QED) is 0.157. The second-order valence-corrected chi connectivity index (χ2v) is 14.0. The number of piperidine rings is 1. The van der Waals surface area contributed by atoms with Gasteiger partial charge in [0.25, 0.3) is 5.96 Å². The maximum Gasteiger partial charge on any atom is 0.293 e. The molecule has 5 fully saturated rings. The summed E-state index contributed by atoms with van der Waals surface area (Å²) in [6.45, 7) is 5.43. The monoisotopic (exact) mass is 558 g/mol. The topological polar surface area (TPSA) is 145 Å². The SMILES string of the molecule is CN=C(N)[NH+]1CC[C@]2(CNCCO)CC[C@H]3[C@@]45C(=C(C(=O)[O-])[C@@]3(O)COC3CCCCC3)C[C@@H](CC[C@H]4C)[C@]25C1. The fourth-order valence-corrected chi connectivity index (χ4v) is 11.6. The van der Waals surface area contributed by atoms with E-state index in [1.54, 1.807) is 7.05 Å². The number of aliphatic hydroxyl groups excluding tert-OH is 1. The Morgan fingerprint density at radius 2 is 1.98 bits per heavy atom. The summed E-state index contributed by atoms with van der Waals surface area (Å²) in [6.07, 6.45) is 10.9. The lowest BCUT2D eigenvalue weighted by Gasteiger charge is -2.70. The molecule has 6 aliphatic rings. The first-order chi connectivity index (χ1) is 19.2. The molecule has 0 amide bonds. The number of nitrogens with one attached hydrogen (secondary N) is 2. The summed E-state index contributed by atoms with van der Waals surface area (Å²) in [5.74, 6) is -0.294. The lowest BCUT2D eigenvalue weighted by Crippen LogP contribution is -3.19. The van der Waals surface area contributed by atoms with Crippen molar-refractivity contribution < 1.29 is 29.8 Å². The maximum absolute atomic E-state index is 13.1. The van der Waals surface area contributed by atoms with Gasteiger partial charge in [0.05, 0.1) is 38.4 Å². The summed E-state index contributed by atoms with van der Waals surface area (Å²) < 4.78 is 6.43. The third-order valence-electron chi connectivity index (χ3n) is 12.9. The Bertz CT molecular complexity index is 1070. The van der Waals surface area contributed by atoms with Gasteiger partial charge < -0.3 is 35.9 Å². The molecule has 1 aliphatic heterocycles. The Kier molecular flexibility index (Phi) is 7.39. The molecule has 1 saturated heterocycles. The summed E-state index contributed by atoms with van der Waals surface area (Å²) in [7, 11) is 1.75. The van der Waals surface area contributed by atoms with Crippen LogP contribution >= 0.6 is 0 Å². The van der Waals surface area contributed by atoms with Crippen LogP contribution in [0.3, 0.4) is 0 Å². The highest BCUT2D eigenvalue weighted by Gasteiger charge is 2.83. The number of nitrogens with zero attached hydrogens (tertiary/aromatic N) is 1. The van der Waals surface area contributed by atoms with E-state index in [1.165, 1.54) is 11.3 Å². The van der Waals surface area contributed by atoms with Gasteiger partial charge in [0, 0.05) is 54.3 Å². The minimum Gasteiger partial charge on any atom is -0.545 e. The predicted molar refractivity (Wildman–Crippen MR) is 149 cm³/mol. The molecule has 9 heteroatoms. The van der Waals surface area contributed by atoms with E-state index >= 15 is 0 Å². The Morgan fingerprint density at radius 3 is 2.67 bits per heavy atom. The van der Waals surface area contributed by atoms with Gasteiger partial charge in [-0.15, -0.1) is 0 Å². The fourth-order valence-electron chi connectivity index (χ4n) is 11.6. The number of aliphatic hydroxyl groups is 2. The van der Waals surface area contributed by atoms with Crippen LogP contribution < -0.4 is 21.1 Å². The van der Waals surface area contributed by atoms with Gasteiger partial charge in [-0.05, 0) is 56.8 Å². The summed E-state index contributed by atoms with van der Waals surface area (Å²) >= 11 is 0. The number of allylic oxidation sites excluding steroid dienone is 1. The van der Waals surface area contributed by atoms with Gasteiger partial charge in [0.1, 0.15) is 5.60 Å². The van der Waals surface area contributed by atoms with Gasteiger partial charge in [-0.1, -0.05) is 31.8 Å². The largest absolute Gasteiger partial charge is 0.545 e. The molecule has 6 rings (SSSR count). The fraction of sp³-hybridized carbons (Fsp3) is 0.871. The van der Waals surface area contributed by atoms with Crippen LogP contribution in [0.15, 0.2) is 16.1 Å². The molecular formula is C31H50N4O5. The van der Waals surface area contributed by atoms with Crippen molar-refractivity contribution >= 4 is 11.9 Å². The molecule has 40 heavy (non-hydrogen) atoms. The zero-order valence-electron chi connectivity index (χ0n) is 24.5. The number of hydrogen-bond acceptors (Lipinski definition) is 7. The zero-order chi connectivity index (χ0) is 28.3. The van der Waals surface area contributed by atoms with Crippen molar-refractivity contribution in [3.63, 3.8) is 0 Å². The molecule has 0 radical (unpaired) electrons. The Balaban J connectivity index is 1.51. The molecule has 2 bridgehead atoms. The molecule has 1 heterocycles. The molecule has 6 N–H and O–H groups in total. The molecule has 0 aromatic rings. The molecule has 224 valence electrons. The maximum atomic E-state index is 13.1. The summed E-state index contributed by atoms with van der Waals surface area (Å²) in [4.78, 5) is 18.7. The van der Waals surface area contributed by atoms with Crippen molar-refractivity contribution in [2.75, 3.05) is 46.4 Å².